The van der Waals surface area contributed by atoms with Gasteiger partial charge in [-0.2, -0.15) is 4.31 Å². The van der Waals surface area contributed by atoms with Crippen molar-refractivity contribution in [3.8, 4) is 0 Å². The summed E-state index contributed by atoms with van der Waals surface area (Å²) in [4.78, 5) is 0.0673. The van der Waals surface area contributed by atoms with Crippen molar-refractivity contribution in [3.63, 3.8) is 0 Å². The lowest BCUT2D eigenvalue weighted by molar-refractivity contribution is 0.364. The second kappa shape index (κ2) is 7.29. The van der Waals surface area contributed by atoms with Crippen molar-refractivity contribution in [3.05, 3.63) is 27.7 Å². The summed E-state index contributed by atoms with van der Waals surface area (Å²) < 4.78 is 27.2. The van der Waals surface area contributed by atoms with Gasteiger partial charge in [0.2, 0.25) is 10.0 Å². The molecule has 2 N–H and O–H groups in total. The summed E-state index contributed by atoms with van der Waals surface area (Å²) in [7, 11) is -3.63. The molecule has 21 heavy (non-hydrogen) atoms. The highest BCUT2D eigenvalue weighted by molar-refractivity contribution is 7.89. The van der Waals surface area contributed by atoms with Gasteiger partial charge in [-0.3, -0.25) is 0 Å². The van der Waals surface area contributed by atoms with Crippen LogP contribution >= 0.6 is 23.2 Å². The zero-order valence-electron chi connectivity index (χ0n) is 11.8. The van der Waals surface area contributed by atoms with Crippen LogP contribution in [0, 0.1) is 0 Å². The van der Waals surface area contributed by atoms with E-state index in [0.717, 1.165) is 25.7 Å². The van der Waals surface area contributed by atoms with Crippen molar-refractivity contribution in [2.75, 3.05) is 13.1 Å². The van der Waals surface area contributed by atoms with Gasteiger partial charge in [-0.25, -0.2) is 8.42 Å². The van der Waals surface area contributed by atoms with E-state index in [2.05, 4.69) is 0 Å². The molecule has 0 atom stereocenters. The third-order valence-corrected chi connectivity index (χ3v) is 6.43. The van der Waals surface area contributed by atoms with Crippen LogP contribution in [0.2, 0.25) is 10.0 Å². The van der Waals surface area contributed by atoms with Crippen LogP contribution in [0.4, 0.5) is 0 Å². The molecule has 1 aliphatic heterocycles. The number of hydrogen-bond acceptors (Lipinski definition) is 3. The van der Waals surface area contributed by atoms with Gasteiger partial charge in [0.25, 0.3) is 0 Å². The van der Waals surface area contributed by atoms with E-state index in [1.807, 2.05) is 0 Å². The van der Waals surface area contributed by atoms with E-state index in [1.54, 1.807) is 6.07 Å². The van der Waals surface area contributed by atoms with Crippen LogP contribution in [-0.2, 0) is 16.6 Å². The summed E-state index contributed by atoms with van der Waals surface area (Å²) in [5.41, 5.74) is 6.16. The van der Waals surface area contributed by atoms with Crippen LogP contribution in [0.25, 0.3) is 0 Å². The van der Waals surface area contributed by atoms with Crippen LogP contribution < -0.4 is 5.73 Å². The largest absolute Gasteiger partial charge is 0.326 e. The lowest BCUT2D eigenvalue weighted by Gasteiger charge is -2.25. The maximum Gasteiger partial charge on any atom is 0.244 e. The van der Waals surface area contributed by atoms with E-state index >= 15 is 0 Å². The van der Waals surface area contributed by atoms with Gasteiger partial charge in [0.1, 0.15) is 4.90 Å². The lowest BCUT2D eigenvalue weighted by atomic mass is 10.1. The summed E-state index contributed by atoms with van der Waals surface area (Å²) in [5, 5.41) is 0.523. The van der Waals surface area contributed by atoms with Crippen molar-refractivity contribution >= 4 is 33.2 Å². The molecule has 0 spiro atoms. The van der Waals surface area contributed by atoms with Crippen LogP contribution in [0.5, 0.6) is 0 Å². The topological polar surface area (TPSA) is 63.4 Å². The Kier molecular flexibility index (Phi) is 5.91. The van der Waals surface area contributed by atoms with E-state index in [4.69, 9.17) is 28.9 Å². The molecule has 4 nitrogen and oxygen atoms in total. The number of hydrogen-bond donors (Lipinski definition) is 1. The minimum Gasteiger partial charge on any atom is -0.326 e. The molecule has 118 valence electrons. The zero-order valence-corrected chi connectivity index (χ0v) is 14.1. The minimum atomic E-state index is -3.63. The molecule has 0 aliphatic carbocycles. The fraction of sp³-hybridized carbons (Fsp3) is 0.571. The van der Waals surface area contributed by atoms with E-state index in [-0.39, 0.29) is 16.5 Å². The van der Waals surface area contributed by atoms with Gasteiger partial charge >= 0.3 is 0 Å². The molecule has 1 aliphatic rings. The third kappa shape index (κ3) is 3.90. The van der Waals surface area contributed by atoms with Crippen LogP contribution in [0.1, 0.15) is 37.7 Å². The van der Waals surface area contributed by atoms with E-state index < -0.39 is 10.0 Å². The standard InChI is InChI=1S/C14H20Cl2N2O2S/c15-12-8-11(10-17)14(16)13(9-12)21(19,20)18-6-4-2-1-3-5-7-18/h8-9H,1-7,10,17H2. The van der Waals surface area contributed by atoms with Crippen molar-refractivity contribution in [2.45, 2.75) is 43.5 Å². The highest BCUT2D eigenvalue weighted by atomic mass is 35.5. The molecule has 7 heteroatoms. The Hall–Kier alpha value is -0.330. The Bertz CT molecular complexity index is 597. The summed E-state index contributed by atoms with van der Waals surface area (Å²) in [6, 6.07) is 3.02. The molecule has 1 saturated heterocycles. The van der Waals surface area contributed by atoms with Crippen LogP contribution in [0.15, 0.2) is 17.0 Å². The molecule has 0 radical (unpaired) electrons. The highest BCUT2D eigenvalue weighted by Gasteiger charge is 2.28. The molecule has 1 aromatic rings. The van der Waals surface area contributed by atoms with Gasteiger partial charge in [0.05, 0.1) is 5.02 Å². The molecule has 2 rings (SSSR count). The number of benzene rings is 1. The first-order valence-corrected chi connectivity index (χ1v) is 9.34. The highest BCUT2D eigenvalue weighted by Crippen LogP contribution is 2.32. The zero-order chi connectivity index (χ0) is 15.5. The van der Waals surface area contributed by atoms with Crippen molar-refractivity contribution in [1.82, 2.24) is 4.31 Å². The van der Waals surface area contributed by atoms with Crippen molar-refractivity contribution in [2.24, 2.45) is 5.73 Å². The normalized spacial score (nSPS) is 18.2. The molecule has 0 bridgehead atoms. The molecule has 0 amide bonds. The number of halogens is 2. The molecule has 0 saturated carbocycles. The maximum absolute atomic E-state index is 12.8. The van der Waals surface area contributed by atoms with Gasteiger partial charge in [-0.1, -0.05) is 42.5 Å². The summed E-state index contributed by atoms with van der Waals surface area (Å²) >= 11 is 12.2. The smallest absolute Gasteiger partial charge is 0.244 e. The molecule has 1 fully saturated rings. The molecule has 1 aromatic carbocycles. The predicted octanol–water partition coefficient (Wildman–Crippen LogP) is 3.41. The number of nitrogens with two attached hydrogens (primary N) is 1. The second-order valence-electron chi connectivity index (χ2n) is 5.25. The number of sulfonamides is 1. The summed E-state index contributed by atoms with van der Waals surface area (Å²) in [5.74, 6) is 0. The van der Waals surface area contributed by atoms with Crippen LogP contribution in [0.3, 0.4) is 0 Å². The SMILES string of the molecule is NCc1cc(Cl)cc(S(=O)(=O)N2CCCCCCC2)c1Cl. The molecule has 0 aromatic heterocycles. The van der Waals surface area contributed by atoms with E-state index in [1.165, 1.54) is 16.8 Å². The quantitative estimate of drug-likeness (QED) is 0.908. The fourth-order valence-corrected chi connectivity index (χ4v) is 4.99. The van der Waals surface area contributed by atoms with Crippen LogP contribution in [-0.4, -0.2) is 25.8 Å². The lowest BCUT2D eigenvalue weighted by Crippen LogP contribution is -2.34. The third-order valence-electron chi connectivity index (χ3n) is 3.73. The van der Waals surface area contributed by atoms with Crippen molar-refractivity contribution in [1.29, 1.82) is 0 Å². The Morgan fingerprint density at radius 3 is 2.19 bits per heavy atom. The minimum absolute atomic E-state index is 0.0673. The molecular weight excluding hydrogens is 331 g/mol. The summed E-state index contributed by atoms with van der Waals surface area (Å²) in [6.45, 7) is 1.22. The van der Waals surface area contributed by atoms with E-state index in [0.29, 0.717) is 23.7 Å². The number of rotatable bonds is 3. The maximum atomic E-state index is 12.8. The Morgan fingerprint density at radius 2 is 1.62 bits per heavy atom. The van der Waals surface area contributed by atoms with E-state index in [9.17, 15) is 8.42 Å². The average molecular weight is 351 g/mol. The first kappa shape index (κ1) is 17.0. The predicted molar refractivity (Wildman–Crippen MR) is 86.2 cm³/mol. The molecule has 1 heterocycles. The first-order valence-electron chi connectivity index (χ1n) is 7.15. The van der Waals surface area contributed by atoms with Gasteiger partial charge < -0.3 is 5.73 Å². The van der Waals surface area contributed by atoms with Gasteiger partial charge in [-0.05, 0) is 30.5 Å². The Morgan fingerprint density at radius 1 is 1.05 bits per heavy atom. The molecular formula is C14H20Cl2N2O2S. The Labute approximate surface area is 136 Å². The first-order chi connectivity index (χ1) is 9.96. The van der Waals surface area contributed by atoms with Gasteiger partial charge in [0.15, 0.2) is 0 Å². The summed E-state index contributed by atoms with van der Waals surface area (Å²) in [6.07, 6.45) is 5.04. The molecule has 0 unspecified atom stereocenters. The second-order valence-corrected chi connectivity index (χ2v) is 7.97. The van der Waals surface area contributed by atoms with Gasteiger partial charge in [0, 0.05) is 24.7 Å². The van der Waals surface area contributed by atoms with Crippen molar-refractivity contribution < 1.29 is 8.42 Å². The number of nitrogens with zero attached hydrogens (tertiary/aromatic N) is 1. The Balaban J connectivity index is 2.40. The average Bonchev–Trinajstić information content (AvgIpc) is 2.40. The van der Waals surface area contributed by atoms with Gasteiger partial charge in [-0.15, -0.1) is 0 Å². The fourth-order valence-electron chi connectivity index (χ4n) is 2.55. The monoisotopic (exact) mass is 350 g/mol.